The van der Waals surface area contributed by atoms with Crippen molar-refractivity contribution < 1.29 is 14.3 Å². The van der Waals surface area contributed by atoms with Crippen LogP contribution in [0.25, 0.3) is 0 Å². The molecule has 0 saturated heterocycles. The van der Waals surface area contributed by atoms with Crippen LogP contribution in [0.1, 0.15) is 10.4 Å². The van der Waals surface area contributed by atoms with Gasteiger partial charge in [0, 0.05) is 20.1 Å². The largest absolute Gasteiger partial charge is 0.478 e. The Labute approximate surface area is 122 Å². The molecule has 0 aliphatic carbocycles. The Bertz CT molecular complexity index is 702. The van der Waals surface area contributed by atoms with E-state index in [1.165, 1.54) is 12.1 Å². The predicted octanol–water partition coefficient (Wildman–Crippen LogP) is 3.11. The number of aromatic carboxylic acids is 1. The molecular formula is C16H15FN2O2. The van der Waals surface area contributed by atoms with Gasteiger partial charge in [0.05, 0.1) is 22.6 Å². The highest BCUT2D eigenvalue weighted by molar-refractivity contribution is 5.96. The van der Waals surface area contributed by atoms with E-state index in [2.05, 4.69) is 4.90 Å². The summed E-state index contributed by atoms with van der Waals surface area (Å²) in [5.74, 6) is -1.67. The van der Waals surface area contributed by atoms with Gasteiger partial charge in [-0.25, -0.2) is 9.18 Å². The van der Waals surface area contributed by atoms with Gasteiger partial charge in [-0.05, 0) is 30.3 Å². The fourth-order valence-electron chi connectivity index (χ4n) is 2.67. The second-order valence-electron chi connectivity index (χ2n) is 5.03. The van der Waals surface area contributed by atoms with Crippen LogP contribution in [0.5, 0.6) is 0 Å². The van der Waals surface area contributed by atoms with Gasteiger partial charge in [0.25, 0.3) is 0 Å². The van der Waals surface area contributed by atoms with Crippen LogP contribution in [0.2, 0.25) is 0 Å². The Kier molecular flexibility index (Phi) is 3.25. The van der Waals surface area contributed by atoms with E-state index in [4.69, 9.17) is 0 Å². The third-order valence-electron chi connectivity index (χ3n) is 3.72. The summed E-state index contributed by atoms with van der Waals surface area (Å²) in [6.07, 6.45) is 0. The van der Waals surface area contributed by atoms with Crippen molar-refractivity contribution in [3.05, 3.63) is 53.8 Å². The Hall–Kier alpha value is -2.56. The molecule has 1 N–H and O–H groups in total. The van der Waals surface area contributed by atoms with Crippen LogP contribution in [-0.2, 0) is 0 Å². The lowest BCUT2D eigenvalue weighted by Gasteiger charge is -2.37. The summed E-state index contributed by atoms with van der Waals surface area (Å²) in [5, 5.41) is 9.32. The highest BCUT2D eigenvalue weighted by Gasteiger charge is 2.24. The number of carbonyl (C=O) groups is 1. The summed E-state index contributed by atoms with van der Waals surface area (Å²) in [4.78, 5) is 15.4. The molecule has 1 heterocycles. The van der Waals surface area contributed by atoms with Crippen molar-refractivity contribution >= 4 is 23.0 Å². The molecule has 4 nitrogen and oxygen atoms in total. The second kappa shape index (κ2) is 5.09. The molecule has 108 valence electrons. The molecule has 21 heavy (non-hydrogen) atoms. The molecule has 0 amide bonds. The topological polar surface area (TPSA) is 43.8 Å². The Morgan fingerprint density at radius 3 is 2.52 bits per heavy atom. The highest BCUT2D eigenvalue weighted by Crippen LogP contribution is 2.38. The van der Waals surface area contributed by atoms with Crippen molar-refractivity contribution in [2.75, 3.05) is 29.9 Å². The molecule has 2 aromatic rings. The third-order valence-corrected chi connectivity index (χ3v) is 3.72. The van der Waals surface area contributed by atoms with Crippen molar-refractivity contribution in [1.82, 2.24) is 0 Å². The molecule has 5 heteroatoms. The van der Waals surface area contributed by atoms with Gasteiger partial charge >= 0.3 is 5.97 Å². The zero-order chi connectivity index (χ0) is 15.0. The number of anilines is 3. The van der Waals surface area contributed by atoms with Crippen LogP contribution in [-0.4, -0.2) is 31.2 Å². The summed E-state index contributed by atoms with van der Waals surface area (Å²) in [6, 6.07) is 11.7. The number of benzene rings is 2. The van der Waals surface area contributed by atoms with Gasteiger partial charge in [-0.2, -0.15) is 0 Å². The van der Waals surface area contributed by atoms with Crippen LogP contribution < -0.4 is 9.80 Å². The van der Waals surface area contributed by atoms with E-state index in [1.54, 1.807) is 0 Å². The number of para-hydroxylation sites is 2. The summed E-state index contributed by atoms with van der Waals surface area (Å²) < 4.78 is 13.3. The van der Waals surface area contributed by atoms with Crippen molar-refractivity contribution in [1.29, 1.82) is 0 Å². The van der Waals surface area contributed by atoms with Crippen LogP contribution in [0, 0.1) is 5.82 Å². The molecule has 0 fully saturated rings. The first-order valence-electron chi connectivity index (χ1n) is 6.68. The van der Waals surface area contributed by atoms with E-state index < -0.39 is 11.8 Å². The number of carboxylic acids is 1. The molecule has 0 bridgehead atoms. The van der Waals surface area contributed by atoms with Crippen LogP contribution in [0.15, 0.2) is 42.5 Å². The molecule has 3 rings (SSSR count). The van der Waals surface area contributed by atoms with Crippen molar-refractivity contribution in [2.24, 2.45) is 0 Å². The number of fused-ring (bicyclic) bond motifs is 1. The molecule has 1 aliphatic rings. The molecule has 0 spiro atoms. The van der Waals surface area contributed by atoms with Gasteiger partial charge in [0.15, 0.2) is 0 Å². The van der Waals surface area contributed by atoms with Crippen LogP contribution in [0.4, 0.5) is 21.5 Å². The maximum absolute atomic E-state index is 13.3. The summed E-state index contributed by atoms with van der Waals surface area (Å²) in [6.45, 7) is 1.42. The Balaban J connectivity index is 2.14. The highest BCUT2D eigenvalue weighted by atomic mass is 19.1. The average molecular weight is 286 g/mol. The van der Waals surface area contributed by atoms with Gasteiger partial charge in [-0.1, -0.05) is 12.1 Å². The Morgan fingerprint density at radius 1 is 1.10 bits per heavy atom. The third kappa shape index (κ3) is 2.31. The number of halogens is 1. The lowest BCUT2D eigenvalue weighted by Crippen LogP contribution is -2.37. The SMILES string of the molecule is CN1CCN(c2ccc(F)cc2C(=O)O)c2ccccc21. The quantitative estimate of drug-likeness (QED) is 0.921. The summed E-state index contributed by atoms with van der Waals surface area (Å²) in [7, 11) is 2.00. The molecule has 1 aliphatic heterocycles. The van der Waals surface area contributed by atoms with E-state index in [1.807, 2.05) is 36.2 Å². The first kappa shape index (κ1) is 13.4. The van der Waals surface area contributed by atoms with Gasteiger partial charge < -0.3 is 14.9 Å². The summed E-state index contributed by atoms with van der Waals surface area (Å²) in [5.41, 5.74) is 2.46. The van der Waals surface area contributed by atoms with Gasteiger partial charge in [-0.15, -0.1) is 0 Å². The smallest absolute Gasteiger partial charge is 0.337 e. The lowest BCUT2D eigenvalue weighted by molar-refractivity contribution is 0.0697. The van der Waals surface area contributed by atoms with Gasteiger partial charge in [-0.3, -0.25) is 0 Å². The van der Waals surface area contributed by atoms with Crippen molar-refractivity contribution in [3.8, 4) is 0 Å². The average Bonchev–Trinajstić information content (AvgIpc) is 2.48. The number of hydrogen-bond donors (Lipinski definition) is 1. The predicted molar refractivity (Wildman–Crippen MR) is 80.1 cm³/mol. The molecule has 0 unspecified atom stereocenters. The fraction of sp³-hybridized carbons (Fsp3) is 0.188. The minimum atomic E-state index is -1.12. The van der Waals surface area contributed by atoms with Gasteiger partial charge in [0.2, 0.25) is 0 Å². The maximum atomic E-state index is 13.3. The number of nitrogens with zero attached hydrogens (tertiary/aromatic N) is 2. The number of carboxylic acid groups (broad SMARTS) is 1. The van der Waals surface area contributed by atoms with Crippen molar-refractivity contribution in [3.63, 3.8) is 0 Å². The molecular weight excluding hydrogens is 271 g/mol. The number of likely N-dealkylation sites (N-methyl/N-ethyl adjacent to an activating group) is 1. The zero-order valence-corrected chi connectivity index (χ0v) is 11.6. The first-order chi connectivity index (χ1) is 10.1. The zero-order valence-electron chi connectivity index (χ0n) is 11.6. The lowest BCUT2D eigenvalue weighted by atomic mass is 10.1. The normalized spacial score (nSPS) is 14.0. The second-order valence-corrected chi connectivity index (χ2v) is 5.03. The first-order valence-corrected chi connectivity index (χ1v) is 6.68. The molecule has 0 radical (unpaired) electrons. The van der Waals surface area contributed by atoms with E-state index in [0.29, 0.717) is 12.2 Å². The maximum Gasteiger partial charge on any atom is 0.337 e. The standard InChI is InChI=1S/C16H15FN2O2/c1-18-8-9-19(15-5-3-2-4-14(15)18)13-7-6-11(17)10-12(13)16(20)21/h2-7,10H,8-9H2,1H3,(H,20,21). The molecule has 0 aromatic heterocycles. The minimum absolute atomic E-state index is 0.0191. The van der Waals surface area contributed by atoms with Crippen molar-refractivity contribution in [2.45, 2.75) is 0 Å². The molecule has 0 saturated carbocycles. The van der Waals surface area contributed by atoms with E-state index >= 15 is 0 Å². The Morgan fingerprint density at radius 2 is 1.81 bits per heavy atom. The monoisotopic (exact) mass is 286 g/mol. The number of hydrogen-bond acceptors (Lipinski definition) is 3. The van der Waals surface area contributed by atoms with Crippen LogP contribution in [0.3, 0.4) is 0 Å². The molecule has 0 atom stereocenters. The van der Waals surface area contributed by atoms with E-state index in [9.17, 15) is 14.3 Å². The van der Waals surface area contributed by atoms with Crippen LogP contribution >= 0.6 is 0 Å². The van der Waals surface area contributed by atoms with Gasteiger partial charge in [0.1, 0.15) is 5.82 Å². The fourth-order valence-corrected chi connectivity index (χ4v) is 2.67. The number of rotatable bonds is 2. The minimum Gasteiger partial charge on any atom is -0.478 e. The molecule has 2 aromatic carbocycles. The van der Waals surface area contributed by atoms with E-state index in [-0.39, 0.29) is 5.56 Å². The van der Waals surface area contributed by atoms with E-state index in [0.717, 1.165) is 24.0 Å². The summed E-state index contributed by atoms with van der Waals surface area (Å²) >= 11 is 0.